The number of nitrogens with zero attached hydrogens (tertiary/aromatic N) is 1. The summed E-state index contributed by atoms with van der Waals surface area (Å²) in [6, 6.07) is -0.247. The maximum atomic E-state index is 12.2. The second-order valence-corrected chi connectivity index (χ2v) is 5.58. The first-order valence-electron chi connectivity index (χ1n) is 6.87. The number of ether oxygens (including phenoxy) is 1. The first kappa shape index (κ1) is 14.1. The Kier molecular flexibility index (Phi) is 4.29. The molecule has 1 unspecified atom stereocenters. The van der Waals surface area contributed by atoms with E-state index in [-0.39, 0.29) is 6.03 Å². The zero-order valence-corrected chi connectivity index (χ0v) is 11.4. The number of hydrogen-bond donors (Lipinski definition) is 2. The summed E-state index contributed by atoms with van der Waals surface area (Å²) < 4.78 is 5.13. The minimum absolute atomic E-state index is 0.247. The third kappa shape index (κ3) is 3.00. The number of carbonyl (C=O) groups excluding carboxylic acids is 1. The summed E-state index contributed by atoms with van der Waals surface area (Å²) in [5.41, 5.74) is -1.02. The van der Waals surface area contributed by atoms with Crippen molar-refractivity contribution in [3.63, 3.8) is 0 Å². The van der Waals surface area contributed by atoms with E-state index in [0.717, 1.165) is 19.3 Å². The lowest BCUT2D eigenvalue weighted by Crippen LogP contribution is -2.62. The predicted octanol–water partition coefficient (Wildman–Crippen LogP) is 1.06. The summed E-state index contributed by atoms with van der Waals surface area (Å²) in [6.07, 6.45) is 3.93. The third-order valence-corrected chi connectivity index (χ3v) is 4.17. The molecule has 2 aliphatic rings. The van der Waals surface area contributed by atoms with Crippen LogP contribution in [0, 0.1) is 5.92 Å². The number of likely N-dealkylation sites (tertiary alicyclic amines) is 1. The maximum absolute atomic E-state index is 12.2. The quantitative estimate of drug-likeness (QED) is 0.800. The van der Waals surface area contributed by atoms with E-state index in [4.69, 9.17) is 4.74 Å². The molecule has 2 amide bonds. The number of carboxylic acid groups (broad SMARTS) is 1. The fourth-order valence-corrected chi connectivity index (χ4v) is 2.83. The molecule has 1 atom stereocenters. The van der Waals surface area contributed by atoms with Gasteiger partial charge in [-0.2, -0.15) is 0 Å². The molecule has 1 aliphatic carbocycles. The normalized spacial score (nSPS) is 25.5. The molecule has 6 heteroatoms. The lowest BCUT2D eigenvalue weighted by molar-refractivity contribution is -0.148. The number of amides is 2. The van der Waals surface area contributed by atoms with Gasteiger partial charge in [0, 0.05) is 26.1 Å². The Morgan fingerprint density at radius 2 is 2.16 bits per heavy atom. The van der Waals surface area contributed by atoms with Crippen LogP contribution in [0.3, 0.4) is 0 Å². The summed E-state index contributed by atoms with van der Waals surface area (Å²) in [7, 11) is 1.66. The van der Waals surface area contributed by atoms with Gasteiger partial charge < -0.3 is 20.1 Å². The molecular formula is C13H22N2O4. The lowest BCUT2D eigenvalue weighted by atomic mass is 9.77. The number of rotatable bonds is 4. The highest BCUT2D eigenvalue weighted by atomic mass is 16.5. The van der Waals surface area contributed by atoms with E-state index in [1.165, 1.54) is 0 Å². The minimum Gasteiger partial charge on any atom is -0.480 e. The van der Waals surface area contributed by atoms with Crippen LogP contribution < -0.4 is 5.32 Å². The number of methoxy groups -OCH3 is 1. The van der Waals surface area contributed by atoms with Crippen LogP contribution in [0.4, 0.5) is 4.79 Å². The van der Waals surface area contributed by atoms with E-state index < -0.39 is 11.5 Å². The molecule has 6 nitrogen and oxygen atoms in total. The van der Waals surface area contributed by atoms with E-state index in [1.54, 1.807) is 12.0 Å². The molecule has 0 aromatic rings. The minimum atomic E-state index is -1.02. The van der Waals surface area contributed by atoms with E-state index in [9.17, 15) is 14.7 Å². The van der Waals surface area contributed by atoms with Crippen molar-refractivity contribution >= 4 is 12.0 Å². The van der Waals surface area contributed by atoms with Crippen LogP contribution in [0.5, 0.6) is 0 Å². The molecule has 0 radical (unpaired) electrons. The summed E-state index contributed by atoms with van der Waals surface area (Å²) in [4.78, 5) is 25.1. The standard InChI is InChI=1S/C13H22N2O4/c1-19-9-10-4-2-7-15(8-10)12(18)14-13(11(16)17)5-3-6-13/h10H,2-9H2,1H3,(H,14,18)(H,16,17). The molecule has 1 heterocycles. The summed E-state index contributed by atoms with van der Waals surface area (Å²) in [5.74, 6) is -0.566. The molecule has 1 aliphatic heterocycles. The molecule has 0 aromatic heterocycles. The Hall–Kier alpha value is -1.30. The highest BCUT2D eigenvalue weighted by molar-refractivity contribution is 5.87. The number of nitrogens with one attached hydrogen (secondary N) is 1. The molecule has 19 heavy (non-hydrogen) atoms. The summed E-state index contributed by atoms with van der Waals surface area (Å²) in [5, 5.41) is 11.9. The SMILES string of the molecule is COCC1CCCN(C(=O)NC2(C(=O)O)CCC2)C1. The van der Waals surface area contributed by atoms with Gasteiger partial charge in [-0.1, -0.05) is 0 Å². The molecule has 108 valence electrons. The number of urea groups is 1. The van der Waals surface area contributed by atoms with Crippen molar-refractivity contribution in [2.24, 2.45) is 5.92 Å². The zero-order valence-electron chi connectivity index (χ0n) is 11.4. The van der Waals surface area contributed by atoms with Crippen molar-refractivity contribution in [3.05, 3.63) is 0 Å². The molecule has 0 bridgehead atoms. The van der Waals surface area contributed by atoms with E-state index in [2.05, 4.69) is 5.32 Å². The van der Waals surface area contributed by atoms with Gasteiger partial charge in [-0.3, -0.25) is 0 Å². The van der Waals surface area contributed by atoms with Gasteiger partial charge in [0.15, 0.2) is 0 Å². The largest absolute Gasteiger partial charge is 0.480 e. The van der Waals surface area contributed by atoms with E-state index in [1.807, 2.05) is 0 Å². The third-order valence-electron chi connectivity index (χ3n) is 4.17. The van der Waals surface area contributed by atoms with Gasteiger partial charge in [0.25, 0.3) is 0 Å². The topological polar surface area (TPSA) is 78.9 Å². The van der Waals surface area contributed by atoms with Crippen molar-refractivity contribution in [1.82, 2.24) is 10.2 Å². The van der Waals surface area contributed by atoms with Gasteiger partial charge in [0.1, 0.15) is 5.54 Å². The lowest BCUT2D eigenvalue weighted by Gasteiger charge is -2.41. The van der Waals surface area contributed by atoms with Crippen molar-refractivity contribution < 1.29 is 19.4 Å². The molecule has 2 N–H and O–H groups in total. The first-order valence-corrected chi connectivity index (χ1v) is 6.87. The molecular weight excluding hydrogens is 248 g/mol. The highest BCUT2D eigenvalue weighted by Crippen LogP contribution is 2.32. The Morgan fingerprint density at radius 3 is 2.68 bits per heavy atom. The molecule has 2 rings (SSSR count). The predicted molar refractivity (Wildman–Crippen MR) is 68.9 cm³/mol. The average Bonchev–Trinajstić information content (AvgIpc) is 2.34. The monoisotopic (exact) mass is 270 g/mol. The number of carboxylic acids is 1. The van der Waals surface area contributed by atoms with Gasteiger partial charge in [0.2, 0.25) is 0 Å². The Morgan fingerprint density at radius 1 is 1.42 bits per heavy atom. The first-order chi connectivity index (χ1) is 9.07. The second kappa shape index (κ2) is 5.77. The van der Waals surface area contributed by atoms with Crippen LogP contribution in [0.25, 0.3) is 0 Å². The molecule has 0 aromatic carbocycles. The fraction of sp³-hybridized carbons (Fsp3) is 0.846. The molecule has 2 fully saturated rings. The van der Waals surface area contributed by atoms with Crippen LogP contribution in [-0.4, -0.2) is 54.4 Å². The Bertz CT molecular complexity index is 353. The number of hydrogen-bond acceptors (Lipinski definition) is 3. The van der Waals surface area contributed by atoms with Crippen molar-refractivity contribution in [3.8, 4) is 0 Å². The maximum Gasteiger partial charge on any atom is 0.329 e. The van der Waals surface area contributed by atoms with E-state index >= 15 is 0 Å². The molecule has 0 spiro atoms. The molecule has 1 saturated heterocycles. The van der Waals surface area contributed by atoms with Crippen LogP contribution in [-0.2, 0) is 9.53 Å². The number of aliphatic carboxylic acids is 1. The van der Waals surface area contributed by atoms with Crippen LogP contribution in [0.1, 0.15) is 32.1 Å². The summed E-state index contributed by atoms with van der Waals surface area (Å²) in [6.45, 7) is 1.99. The second-order valence-electron chi connectivity index (χ2n) is 5.58. The summed E-state index contributed by atoms with van der Waals surface area (Å²) >= 11 is 0. The van der Waals surface area contributed by atoms with Crippen LogP contribution >= 0.6 is 0 Å². The molecule has 1 saturated carbocycles. The van der Waals surface area contributed by atoms with Gasteiger partial charge in [-0.25, -0.2) is 9.59 Å². The van der Waals surface area contributed by atoms with Crippen LogP contribution in [0.2, 0.25) is 0 Å². The van der Waals surface area contributed by atoms with Crippen molar-refractivity contribution in [2.75, 3.05) is 26.8 Å². The number of carbonyl (C=O) groups is 2. The van der Waals surface area contributed by atoms with Gasteiger partial charge in [-0.15, -0.1) is 0 Å². The average molecular weight is 270 g/mol. The Balaban J connectivity index is 1.90. The zero-order chi connectivity index (χ0) is 13.9. The Labute approximate surface area is 113 Å². The van der Waals surface area contributed by atoms with Crippen LogP contribution in [0.15, 0.2) is 0 Å². The number of piperidine rings is 1. The highest BCUT2D eigenvalue weighted by Gasteiger charge is 2.46. The van der Waals surface area contributed by atoms with Gasteiger partial charge >= 0.3 is 12.0 Å². The van der Waals surface area contributed by atoms with Gasteiger partial charge in [0.05, 0.1) is 6.61 Å². The van der Waals surface area contributed by atoms with Gasteiger partial charge in [-0.05, 0) is 32.1 Å². The van der Waals surface area contributed by atoms with Crippen molar-refractivity contribution in [2.45, 2.75) is 37.6 Å². The fourth-order valence-electron chi connectivity index (χ4n) is 2.83. The smallest absolute Gasteiger partial charge is 0.329 e. The van der Waals surface area contributed by atoms with Crippen molar-refractivity contribution in [1.29, 1.82) is 0 Å². The van der Waals surface area contributed by atoms with E-state index in [0.29, 0.717) is 38.5 Å².